The molecule has 1 fully saturated rings. The number of nitrogens with zero attached hydrogens (tertiary/aromatic N) is 3. The summed E-state index contributed by atoms with van der Waals surface area (Å²) in [5.74, 6) is -0.318. The van der Waals surface area contributed by atoms with Crippen molar-refractivity contribution in [3.05, 3.63) is 46.8 Å². The molecule has 1 aliphatic heterocycles. The molecule has 0 unspecified atom stereocenters. The summed E-state index contributed by atoms with van der Waals surface area (Å²) in [5, 5.41) is 4.28. The van der Waals surface area contributed by atoms with E-state index in [0.29, 0.717) is 30.0 Å². The third kappa shape index (κ3) is 3.78. The Kier molecular flexibility index (Phi) is 5.51. The number of piperidine rings is 1. The number of hydrogen-bond acceptors (Lipinski definition) is 4. The molecule has 1 aromatic heterocycles. The minimum Gasteiger partial charge on any atom is -0.267 e. The van der Waals surface area contributed by atoms with Crippen molar-refractivity contribution in [2.24, 2.45) is 0 Å². The highest BCUT2D eigenvalue weighted by Crippen LogP contribution is 2.27. The number of carbonyl (C=O) groups is 1. The lowest BCUT2D eigenvalue weighted by Crippen LogP contribution is -2.36. The van der Waals surface area contributed by atoms with Gasteiger partial charge < -0.3 is 0 Å². The quantitative estimate of drug-likeness (QED) is 0.784. The van der Waals surface area contributed by atoms with E-state index in [2.05, 4.69) is 25.9 Å². The second-order valence-corrected chi connectivity index (χ2v) is 10.4. The largest absolute Gasteiger partial charge is 0.278 e. The van der Waals surface area contributed by atoms with E-state index in [1.165, 1.54) is 8.99 Å². The van der Waals surface area contributed by atoms with Crippen LogP contribution in [-0.2, 0) is 15.4 Å². The Morgan fingerprint density at radius 2 is 1.57 bits per heavy atom. The highest BCUT2D eigenvalue weighted by molar-refractivity contribution is 7.89. The highest BCUT2D eigenvalue weighted by atomic mass is 32.2. The second kappa shape index (κ2) is 7.44. The number of aryl methyl sites for hydroxylation is 1. The van der Waals surface area contributed by atoms with Crippen LogP contribution in [0.15, 0.2) is 29.2 Å². The molecule has 0 saturated carbocycles. The SMILES string of the molecule is Cc1nn(C(=O)c2ccc(C(C)(C)C)cc2)c(C)c1S(=O)(=O)N1CCCCC1. The molecule has 0 aliphatic carbocycles. The van der Waals surface area contributed by atoms with E-state index in [0.717, 1.165) is 24.8 Å². The van der Waals surface area contributed by atoms with Gasteiger partial charge in [0.05, 0.1) is 11.4 Å². The summed E-state index contributed by atoms with van der Waals surface area (Å²) in [5.41, 5.74) is 2.34. The smallest absolute Gasteiger partial charge is 0.267 e. The predicted octanol–water partition coefficient (Wildman–Crippen LogP) is 3.66. The van der Waals surface area contributed by atoms with Crippen molar-refractivity contribution in [3.63, 3.8) is 0 Å². The van der Waals surface area contributed by atoms with Crippen LogP contribution in [0.5, 0.6) is 0 Å². The van der Waals surface area contributed by atoms with Gasteiger partial charge in [-0.25, -0.2) is 8.42 Å². The summed E-state index contributed by atoms with van der Waals surface area (Å²) in [4.78, 5) is 13.2. The van der Waals surface area contributed by atoms with Gasteiger partial charge in [0.15, 0.2) is 0 Å². The van der Waals surface area contributed by atoms with Gasteiger partial charge in [0.25, 0.3) is 5.91 Å². The lowest BCUT2D eigenvalue weighted by atomic mass is 9.87. The molecule has 1 aromatic carbocycles. The zero-order valence-electron chi connectivity index (χ0n) is 17.3. The summed E-state index contributed by atoms with van der Waals surface area (Å²) < 4.78 is 29.0. The van der Waals surface area contributed by atoms with Crippen LogP contribution < -0.4 is 0 Å². The molecule has 6 nitrogen and oxygen atoms in total. The van der Waals surface area contributed by atoms with Crippen molar-refractivity contribution >= 4 is 15.9 Å². The highest BCUT2D eigenvalue weighted by Gasteiger charge is 2.33. The van der Waals surface area contributed by atoms with E-state index in [4.69, 9.17) is 0 Å². The molecule has 152 valence electrons. The van der Waals surface area contributed by atoms with Gasteiger partial charge in [0, 0.05) is 18.7 Å². The molecule has 0 radical (unpaired) electrons. The molecule has 28 heavy (non-hydrogen) atoms. The first kappa shape index (κ1) is 20.7. The topological polar surface area (TPSA) is 72.3 Å². The van der Waals surface area contributed by atoms with Crippen molar-refractivity contribution < 1.29 is 13.2 Å². The van der Waals surface area contributed by atoms with Gasteiger partial charge in [-0.05, 0) is 49.8 Å². The monoisotopic (exact) mass is 403 g/mol. The summed E-state index contributed by atoms with van der Waals surface area (Å²) in [7, 11) is -3.65. The Hall–Kier alpha value is -1.99. The third-order valence-corrected chi connectivity index (χ3v) is 7.48. The van der Waals surface area contributed by atoms with Gasteiger partial charge in [0.1, 0.15) is 4.90 Å². The number of benzene rings is 1. The summed E-state index contributed by atoms with van der Waals surface area (Å²) in [6.07, 6.45) is 2.78. The van der Waals surface area contributed by atoms with Gasteiger partial charge in [-0.3, -0.25) is 4.79 Å². The van der Waals surface area contributed by atoms with Crippen molar-refractivity contribution in [3.8, 4) is 0 Å². The molecule has 1 saturated heterocycles. The van der Waals surface area contributed by atoms with Gasteiger partial charge in [-0.15, -0.1) is 0 Å². The number of rotatable bonds is 3. The van der Waals surface area contributed by atoms with E-state index in [1.807, 2.05) is 12.1 Å². The summed E-state index contributed by atoms with van der Waals surface area (Å²) >= 11 is 0. The molecule has 0 N–H and O–H groups in total. The van der Waals surface area contributed by atoms with Crippen molar-refractivity contribution in [2.45, 2.75) is 64.2 Å². The van der Waals surface area contributed by atoms with Crippen LogP contribution in [-0.4, -0.2) is 41.5 Å². The molecule has 0 bridgehead atoms. The van der Waals surface area contributed by atoms with Crippen LogP contribution >= 0.6 is 0 Å². The minimum absolute atomic E-state index is 0.00449. The van der Waals surface area contributed by atoms with Crippen molar-refractivity contribution in [1.29, 1.82) is 0 Å². The molecule has 3 rings (SSSR count). The first-order valence-electron chi connectivity index (χ1n) is 9.75. The Morgan fingerprint density at radius 3 is 2.11 bits per heavy atom. The zero-order chi connectivity index (χ0) is 20.7. The molecule has 0 spiro atoms. The van der Waals surface area contributed by atoms with E-state index in [1.54, 1.807) is 26.0 Å². The maximum Gasteiger partial charge on any atom is 0.278 e. The van der Waals surface area contributed by atoms with E-state index in [-0.39, 0.29) is 16.2 Å². The van der Waals surface area contributed by atoms with Gasteiger partial charge in [0.2, 0.25) is 10.0 Å². The maximum absolute atomic E-state index is 13.1. The van der Waals surface area contributed by atoms with E-state index in [9.17, 15) is 13.2 Å². The number of carbonyl (C=O) groups excluding carboxylic acids is 1. The predicted molar refractivity (Wildman–Crippen MR) is 109 cm³/mol. The average molecular weight is 404 g/mol. The molecular weight excluding hydrogens is 374 g/mol. The molecule has 2 heterocycles. The van der Waals surface area contributed by atoms with Crippen LogP contribution in [0, 0.1) is 13.8 Å². The van der Waals surface area contributed by atoms with Crippen molar-refractivity contribution in [2.75, 3.05) is 13.1 Å². The first-order valence-corrected chi connectivity index (χ1v) is 11.2. The van der Waals surface area contributed by atoms with Crippen LogP contribution in [0.25, 0.3) is 0 Å². The molecule has 7 heteroatoms. The van der Waals surface area contributed by atoms with E-state index < -0.39 is 10.0 Å². The van der Waals surface area contributed by atoms with Crippen molar-refractivity contribution in [1.82, 2.24) is 14.1 Å². The number of aromatic nitrogens is 2. The minimum atomic E-state index is -3.65. The van der Waals surface area contributed by atoms with Gasteiger partial charge in [-0.1, -0.05) is 39.3 Å². The Morgan fingerprint density at radius 1 is 1.00 bits per heavy atom. The molecule has 2 aromatic rings. The van der Waals surface area contributed by atoms with Crippen LogP contribution in [0.4, 0.5) is 0 Å². The number of sulfonamides is 1. The third-order valence-electron chi connectivity index (χ3n) is 5.33. The first-order chi connectivity index (χ1) is 13.0. The fourth-order valence-electron chi connectivity index (χ4n) is 3.67. The Bertz CT molecular complexity index is 977. The zero-order valence-corrected chi connectivity index (χ0v) is 18.1. The van der Waals surface area contributed by atoms with Gasteiger partial charge in [-0.2, -0.15) is 14.1 Å². The van der Waals surface area contributed by atoms with Crippen LogP contribution in [0.2, 0.25) is 0 Å². The molecule has 0 atom stereocenters. The molecular formula is C21H29N3O3S. The second-order valence-electron chi connectivity index (χ2n) is 8.51. The Labute approximate surface area is 167 Å². The lowest BCUT2D eigenvalue weighted by molar-refractivity contribution is 0.0942. The average Bonchev–Trinajstić information content (AvgIpc) is 2.96. The lowest BCUT2D eigenvalue weighted by Gasteiger charge is -2.25. The summed E-state index contributed by atoms with van der Waals surface area (Å²) in [6, 6.07) is 7.42. The number of hydrogen-bond donors (Lipinski definition) is 0. The molecule has 0 amide bonds. The fourth-order valence-corrected chi connectivity index (χ4v) is 5.54. The van der Waals surface area contributed by atoms with E-state index >= 15 is 0 Å². The normalized spacial score (nSPS) is 16.3. The van der Waals surface area contributed by atoms with Crippen LogP contribution in [0.1, 0.15) is 67.3 Å². The molecule has 1 aliphatic rings. The standard InChI is InChI=1S/C21H29N3O3S/c1-15-19(28(26,27)23-13-7-6-8-14-23)16(2)24(22-15)20(25)17-9-11-18(12-10-17)21(3,4)5/h9-12H,6-8,13-14H2,1-5H3. The fraction of sp³-hybridized carbons (Fsp3) is 0.524. The Balaban J connectivity index is 1.96. The maximum atomic E-state index is 13.1. The van der Waals surface area contributed by atoms with Gasteiger partial charge >= 0.3 is 0 Å². The summed E-state index contributed by atoms with van der Waals surface area (Å²) in [6.45, 7) is 10.7. The van der Waals surface area contributed by atoms with Crippen LogP contribution in [0.3, 0.4) is 0 Å².